The molecule has 0 spiro atoms. The third-order valence-electron chi connectivity index (χ3n) is 1.90. The Morgan fingerprint density at radius 1 is 1.71 bits per heavy atom. The third kappa shape index (κ3) is 2.45. The highest BCUT2D eigenvalue weighted by Gasteiger charge is 2.01. The fourth-order valence-corrected chi connectivity index (χ4v) is 1.11. The molecule has 4 nitrogen and oxygen atoms in total. The van der Waals surface area contributed by atoms with Gasteiger partial charge in [-0.2, -0.15) is 0 Å². The van der Waals surface area contributed by atoms with E-state index < -0.39 is 0 Å². The summed E-state index contributed by atoms with van der Waals surface area (Å²) in [6.07, 6.45) is 5.93. The van der Waals surface area contributed by atoms with Gasteiger partial charge in [0, 0.05) is 25.5 Å². The second-order valence-corrected chi connectivity index (χ2v) is 2.87. The standard InChI is InChI=1S/C10H15N3O/c1-3-5-6-11-9-10(14)13(4-2)8-7-12-9/h3,7-8H,1,4-6H2,2H3,(H,11,12). The molecule has 1 aromatic heterocycles. The van der Waals surface area contributed by atoms with Gasteiger partial charge in [0.2, 0.25) is 0 Å². The van der Waals surface area contributed by atoms with Crippen molar-refractivity contribution in [1.29, 1.82) is 0 Å². The average Bonchev–Trinajstić information content (AvgIpc) is 2.21. The quantitative estimate of drug-likeness (QED) is 0.565. The zero-order chi connectivity index (χ0) is 10.4. The Morgan fingerprint density at radius 3 is 3.14 bits per heavy atom. The first-order chi connectivity index (χ1) is 6.79. The van der Waals surface area contributed by atoms with E-state index in [-0.39, 0.29) is 5.56 Å². The fraction of sp³-hybridized carbons (Fsp3) is 0.400. The molecular weight excluding hydrogens is 178 g/mol. The molecular formula is C10H15N3O. The Labute approximate surface area is 83.3 Å². The first-order valence-corrected chi connectivity index (χ1v) is 4.69. The molecule has 76 valence electrons. The Balaban J connectivity index is 2.76. The molecule has 0 unspecified atom stereocenters. The maximum Gasteiger partial charge on any atom is 0.293 e. The van der Waals surface area contributed by atoms with Crippen LogP contribution in [0.5, 0.6) is 0 Å². The minimum atomic E-state index is -0.0703. The molecule has 1 rings (SSSR count). The van der Waals surface area contributed by atoms with Gasteiger partial charge in [0.1, 0.15) is 0 Å². The van der Waals surface area contributed by atoms with Crippen molar-refractivity contribution in [3.05, 3.63) is 35.4 Å². The molecule has 0 saturated carbocycles. The number of rotatable bonds is 5. The monoisotopic (exact) mass is 193 g/mol. The summed E-state index contributed by atoms with van der Waals surface area (Å²) in [6.45, 7) is 6.89. The summed E-state index contributed by atoms with van der Waals surface area (Å²) in [5.41, 5.74) is -0.0703. The van der Waals surface area contributed by atoms with Crippen molar-refractivity contribution in [3.63, 3.8) is 0 Å². The van der Waals surface area contributed by atoms with Gasteiger partial charge in [-0.3, -0.25) is 4.79 Å². The molecule has 1 heterocycles. The van der Waals surface area contributed by atoms with E-state index in [1.54, 1.807) is 23.0 Å². The fourth-order valence-electron chi connectivity index (χ4n) is 1.11. The van der Waals surface area contributed by atoms with Crippen LogP contribution in [0, 0.1) is 0 Å². The summed E-state index contributed by atoms with van der Waals surface area (Å²) >= 11 is 0. The molecule has 14 heavy (non-hydrogen) atoms. The normalized spacial score (nSPS) is 9.79. The topological polar surface area (TPSA) is 46.9 Å². The Hall–Kier alpha value is -1.58. The van der Waals surface area contributed by atoms with Gasteiger partial charge in [0.15, 0.2) is 5.82 Å². The number of hydrogen-bond acceptors (Lipinski definition) is 3. The van der Waals surface area contributed by atoms with Crippen LogP contribution in [0.3, 0.4) is 0 Å². The minimum Gasteiger partial charge on any atom is -0.365 e. The van der Waals surface area contributed by atoms with Gasteiger partial charge in [0.05, 0.1) is 0 Å². The lowest BCUT2D eigenvalue weighted by atomic mass is 10.4. The molecule has 4 heteroatoms. The van der Waals surface area contributed by atoms with Crippen molar-refractivity contribution < 1.29 is 0 Å². The molecule has 0 saturated heterocycles. The molecule has 1 N–H and O–H groups in total. The summed E-state index contributed by atoms with van der Waals surface area (Å²) < 4.78 is 1.61. The van der Waals surface area contributed by atoms with E-state index in [1.807, 2.05) is 6.92 Å². The maximum absolute atomic E-state index is 11.6. The van der Waals surface area contributed by atoms with Crippen LogP contribution in [-0.4, -0.2) is 16.1 Å². The van der Waals surface area contributed by atoms with Crippen LogP contribution in [0.4, 0.5) is 5.82 Å². The van der Waals surface area contributed by atoms with Gasteiger partial charge in [-0.25, -0.2) is 4.98 Å². The highest BCUT2D eigenvalue weighted by molar-refractivity contribution is 5.30. The van der Waals surface area contributed by atoms with Gasteiger partial charge in [-0.15, -0.1) is 6.58 Å². The van der Waals surface area contributed by atoms with E-state index in [1.165, 1.54) is 0 Å². The Morgan fingerprint density at radius 2 is 2.50 bits per heavy atom. The second-order valence-electron chi connectivity index (χ2n) is 2.87. The molecule has 0 aromatic carbocycles. The lowest BCUT2D eigenvalue weighted by molar-refractivity contribution is 0.718. The Bertz CT molecular complexity index is 357. The van der Waals surface area contributed by atoms with E-state index in [9.17, 15) is 4.79 Å². The molecule has 0 bridgehead atoms. The van der Waals surface area contributed by atoms with Gasteiger partial charge >= 0.3 is 0 Å². The van der Waals surface area contributed by atoms with Crippen LogP contribution in [0.25, 0.3) is 0 Å². The average molecular weight is 193 g/mol. The van der Waals surface area contributed by atoms with Gasteiger partial charge in [-0.05, 0) is 13.3 Å². The Kier molecular flexibility index (Phi) is 3.91. The molecule has 0 amide bonds. The molecule has 0 aliphatic heterocycles. The molecule has 1 aromatic rings. The van der Waals surface area contributed by atoms with E-state index in [2.05, 4.69) is 16.9 Å². The highest BCUT2D eigenvalue weighted by Crippen LogP contribution is 1.93. The summed E-state index contributed by atoms with van der Waals surface area (Å²) in [5.74, 6) is 0.413. The molecule has 0 fully saturated rings. The number of anilines is 1. The smallest absolute Gasteiger partial charge is 0.293 e. The predicted octanol–water partition coefficient (Wildman–Crippen LogP) is 1.25. The summed E-state index contributed by atoms with van der Waals surface area (Å²) in [6, 6.07) is 0. The predicted molar refractivity (Wildman–Crippen MR) is 57.5 cm³/mol. The van der Waals surface area contributed by atoms with Crippen LogP contribution in [0.2, 0.25) is 0 Å². The van der Waals surface area contributed by atoms with Gasteiger partial charge in [0.25, 0.3) is 5.56 Å². The van der Waals surface area contributed by atoms with Crippen molar-refractivity contribution in [3.8, 4) is 0 Å². The van der Waals surface area contributed by atoms with Crippen LogP contribution < -0.4 is 10.9 Å². The number of nitrogens with zero attached hydrogens (tertiary/aromatic N) is 2. The van der Waals surface area contributed by atoms with E-state index in [0.29, 0.717) is 18.9 Å². The van der Waals surface area contributed by atoms with Gasteiger partial charge < -0.3 is 9.88 Å². The SMILES string of the molecule is C=CCCNc1nccn(CC)c1=O. The largest absolute Gasteiger partial charge is 0.365 e. The van der Waals surface area contributed by atoms with E-state index in [0.717, 1.165) is 6.42 Å². The van der Waals surface area contributed by atoms with Crippen LogP contribution in [-0.2, 0) is 6.54 Å². The zero-order valence-electron chi connectivity index (χ0n) is 8.36. The van der Waals surface area contributed by atoms with E-state index in [4.69, 9.17) is 0 Å². The first kappa shape index (κ1) is 10.5. The molecule has 0 atom stereocenters. The summed E-state index contributed by atoms with van der Waals surface area (Å²) in [7, 11) is 0. The van der Waals surface area contributed by atoms with Crippen molar-refractivity contribution in [2.24, 2.45) is 0 Å². The lowest BCUT2D eigenvalue weighted by Crippen LogP contribution is -2.23. The first-order valence-electron chi connectivity index (χ1n) is 4.69. The van der Waals surface area contributed by atoms with Crippen LogP contribution in [0.15, 0.2) is 29.8 Å². The van der Waals surface area contributed by atoms with Crippen LogP contribution >= 0.6 is 0 Å². The lowest BCUT2D eigenvalue weighted by Gasteiger charge is -2.05. The maximum atomic E-state index is 11.6. The highest BCUT2D eigenvalue weighted by atomic mass is 16.1. The summed E-state index contributed by atoms with van der Waals surface area (Å²) in [4.78, 5) is 15.6. The molecule has 0 radical (unpaired) electrons. The van der Waals surface area contributed by atoms with Crippen molar-refractivity contribution >= 4 is 5.82 Å². The third-order valence-corrected chi connectivity index (χ3v) is 1.90. The van der Waals surface area contributed by atoms with Gasteiger partial charge in [-0.1, -0.05) is 6.08 Å². The minimum absolute atomic E-state index is 0.0703. The zero-order valence-corrected chi connectivity index (χ0v) is 8.36. The number of hydrogen-bond donors (Lipinski definition) is 1. The summed E-state index contributed by atoms with van der Waals surface area (Å²) in [5, 5.41) is 2.97. The van der Waals surface area contributed by atoms with Crippen LogP contribution in [0.1, 0.15) is 13.3 Å². The van der Waals surface area contributed by atoms with Crippen molar-refractivity contribution in [2.75, 3.05) is 11.9 Å². The second kappa shape index (κ2) is 5.21. The molecule has 0 aliphatic rings. The molecule has 0 aliphatic carbocycles. The number of aryl methyl sites for hydroxylation is 1. The number of aromatic nitrogens is 2. The van der Waals surface area contributed by atoms with E-state index >= 15 is 0 Å². The number of nitrogens with one attached hydrogen (secondary N) is 1. The van der Waals surface area contributed by atoms with Crippen molar-refractivity contribution in [2.45, 2.75) is 19.9 Å². The van der Waals surface area contributed by atoms with Crippen molar-refractivity contribution in [1.82, 2.24) is 9.55 Å².